The lowest BCUT2D eigenvalue weighted by Crippen LogP contribution is -2.33. The van der Waals surface area contributed by atoms with Gasteiger partial charge in [-0.2, -0.15) is 0 Å². The summed E-state index contributed by atoms with van der Waals surface area (Å²) in [7, 11) is 1.73. The summed E-state index contributed by atoms with van der Waals surface area (Å²) < 4.78 is 13.0. The molecule has 0 aliphatic heterocycles. The van der Waals surface area contributed by atoms with Crippen LogP contribution in [0.3, 0.4) is 0 Å². The molecule has 0 saturated carbocycles. The molecule has 0 saturated heterocycles. The number of nitrogens with zero attached hydrogens (tertiary/aromatic N) is 1. The minimum absolute atomic E-state index is 0.147. The first-order valence-electron chi connectivity index (χ1n) is 7.25. The van der Waals surface area contributed by atoms with Crippen LogP contribution < -0.4 is 5.32 Å². The predicted octanol–water partition coefficient (Wildman–Crippen LogP) is 4.67. The van der Waals surface area contributed by atoms with Gasteiger partial charge in [0, 0.05) is 12.7 Å². The van der Waals surface area contributed by atoms with Gasteiger partial charge in [-0.05, 0) is 55.7 Å². The van der Waals surface area contributed by atoms with Crippen molar-refractivity contribution in [2.24, 2.45) is 0 Å². The molecule has 0 bridgehead atoms. The van der Waals surface area contributed by atoms with Gasteiger partial charge in [-0.15, -0.1) is 0 Å². The molecule has 0 spiro atoms. The third kappa shape index (κ3) is 3.64. The number of aryl methyl sites for hydroxylation is 2. The van der Waals surface area contributed by atoms with Crippen LogP contribution in [0.1, 0.15) is 29.7 Å². The normalized spacial score (nSPS) is 11.9. The van der Waals surface area contributed by atoms with Gasteiger partial charge in [-0.1, -0.05) is 24.3 Å². The molecule has 1 atom stereocenters. The van der Waals surface area contributed by atoms with Crippen molar-refractivity contribution in [2.75, 3.05) is 12.4 Å². The number of rotatable bonds is 3. The van der Waals surface area contributed by atoms with Crippen molar-refractivity contribution in [3.63, 3.8) is 0 Å². The summed E-state index contributed by atoms with van der Waals surface area (Å²) in [4.78, 5) is 14.0. The average molecular weight is 300 g/mol. The monoisotopic (exact) mass is 300 g/mol. The fourth-order valence-corrected chi connectivity index (χ4v) is 2.21. The van der Waals surface area contributed by atoms with Crippen molar-refractivity contribution in [1.82, 2.24) is 4.90 Å². The quantitative estimate of drug-likeness (QED) is 0.878. The second-order valence-electron chi connectivity index (χ2n) is 5.59. The average Bonchev–Trinajstić information content (AvgIpc) is 2.50. The number of hydrogen-bond acceptors (Lipinski definition) is 1. The number of carbonyl (C=O) groups excluding carboxylic acids is 1. The Bertz CT molecular complexity index is 667. The summed E-state index contributed by atoms with van der Waals surface area (Å²) in [5, 5.41) is 2.93. The van der Waals surface area contributed by atoms with E-state index in [9.17, 15) is 9.18 Å². The van der Waals surface area contributed by atoms with Gasteiger partial charge in [0.25, 0.3) is 0 Å². The van der Waals surface area contributed by atoms with Crippen molar-refractivity contribution in [3.8, 4) is 0 Å². The van der Waals surface area contributed by atoms with Crippen molar-refractivity contribution in [1.29, 1.82) is 0 Å². The van der Waals surface area contributed by atoms with Gasteiger partial charge in [-0.25, -0.2) is 9.18 Å². The maximum atomic E-state index is 13.0. The standard InChI is InChI=1S/C18H21FN2O/c1-12-5-6-13(2)17(11-12)20-18(22)21(4)14(3)15-7-9-16(19)10-8-15/h5-11,14H,1-4H3,(H,20,22). The predicted molar refractivity (Wildman–Crippen MR) is 87.5 cm³/mol. The summed E-state index contributed by atoms with van der Waals surface area (Å²) in [6.45, 7) is 5.86. The Morgan fingerprint density at radius 3 is 2.41 bits per heavy atom. The number of anilines is 1. The Hall–Kier alpha value is -2.36. The lowest BCUT2D eigenvalue weighted by Gasteiger charge is -2.26. The largest absolute Gasteiger partial charge is 0.322 e. The van der Waals surface area contributed by atoms with Crippen LogP contribution in [0.2, 0.25) is 0 Å². The minimum Gasteiger partial charge on any atom is -0.321 e. The van der Waals surface area contributed by atoms with Gasteiger partial charge < -0.3 is 10.2 Å². The first-order valence-corrected chi connectivity index (χ1v) is 7.25. The molecule has 2 aromatic carbocycles. The van der Waals surface area contributed by atoms with Gasteiger partial charge in [-0.3, -0.25) is 0 Å². The van der Waals surface area contributed by atoms with E-state index in [1.165, 1.54) is 12.1 Å². The van der Waals surface area contributed by atoms with Gasteiger partial charge in [0.2, 0.25) is 0 Å². The highest BCUT2D eigenvalue weighted by Gasteiger charge is 2.18. The van der Waals surface area contributed by atoms with Crippen LogP contribution in [-0.4, -0.2) is 18.0 Å². The van der Waals surface area contributed by atoms with E-state index in [0.717, 1.165) is 22.4 Å². The van der Waals surface area contributed by atoms with Crippen molar-refractivity contribution in [3.05, 3.63) is 65.0 Å². The maximum absolute atomic E-state index is 13.0. The van der Waals surface area contributed by atoms with E-state index >= 15 is 0 Å². The third-order valence-electron chi connectivity index (χ3n) is 3.89. The van der Waals surface area contributed by atoms with E-state index in [-0.39, 0.29) is 17.9 Å². The fraction of sp³-hybridized carbons (Fsp3) is 0.278. The SMILES string of the molecule is Cc1ccc(C)c(NC(=O)N(C)C(C)c2ccc(F)cc2)c1. The van der Waals surface area contributed by atoms with Crippen molar-refractivity contribution < 1.29 is 9.18 Å². The van der Waals surface area contributed by atoms with Crippen LogP contribution in [0.4, 0.5) is 14.9 Å². The summed E-state index contributed by atoms with van der Waals surface area (Å²) in [5.74, 6) is -0.279. The Labute approximate surface area is 130 Å². The number of urea groups is 1. The zero-order valence-corrected chi connectivity index (χ0v) is 13.4. The molecule has 116 valence electrons. The Balaban J connectivity index is 2.11. The fourth-order valence-electron chi connectivity index (χ4n) is 2.21. The summed E-state index contributed by atoms with van der Waals surface area (Å²) in [5.41, 5.74) is 3.81. The van der Waals surface area contributed by atoms with Crippen LogP contribution in [0.25, 0.3) is 0 Å². The molecule has 0 aromatic heterocycles. The van der Waals surface area contributed by atoms with Gasteiger partial charge in [0.1, 0.15) is 5.82 Å². The second-order valence-corrected chi connectivity index (χ2v) is 5.59. The topological polar surface area (TPSA) is 32.3 Å². The molecule has 2 amide bonds. The molecule has 4 heteroatoms. The first kappa shape index (κ1) is 16.0. The molecule has 2 aromatic rings. The molecule has 0 radical (unpaired) electrons. The van der Waals surface area contributed by atoms with E-state index < -0.39 is 0 Å². The molecule has 22 heavy (non-hydrogen) atoms. The van der Waals surface area contributed by atoms with E-state index in [1.807, 2.05) is 39.0 Å². The molecular weight excluding hydrogens is 279 g/mol. The number of halogens is 1. The minimum atomic E-state index is -0.279. The van der Waals surface area contributed by atoms with Crippen LogP contribution in [-0.2, 0) is 0 Å². The van der Waals surface area contributed by atoms with E-state index in [4.69, 9.17) is 0 Å². The number of hydrogen-bond donors (Lipinski definition) is 1. The van der Waals surface area contributed by atoms with Crippen LogP contribution >= 0.6 is 0 Å². The summed E-state index contributed by atoms with van der Waals surface area (Å²) >= 11 is 0. The molecule has 0 aliphatic carbocycles. The maximum Gasteiger partial charge on any atom is 0.322 e. The number of benzene rings is 2. The highest BCUT2D eigenvalue weighted by Crippen LogP contribution is 2.21. The lowest BCUT2D eigenvalue weighted by atomic mass is 10.1. The second kappa shape index (κ2) is 6.60. The van der Waals surface area contributed by atoms with E-state index in [2.05, 4.69) is 5.32 Å². The molecule has 3 nitrogen and oxygen atoms in total. The zero-order valence-electron chi connectivity index (χ0n) is 13.4. The number of nitrogens with one attached hydrogen (secondary N) is 1. The molecule has 0 fully saturated rings. The summed E-state index contributed by atoms with van der Waals surface area (Å²) in [6.07, 6.45) is 0. The van der Waals surface area contributed by atoms with E-state index in [0.29, 0.717) is 0 Å². The Morgan fingerprint density at radius 1 is 1.14 bits per heavy atom. The molecule has 0 heterocycles. The number of carbonyl (C=O) groups is 1. The van der Waals surface area contributed by atoms with Crippen LogP contribution in [0.15, 0.2) is 42.5 Å². The molecule has 1 unspecified atom stereocenters. The molecule has 1 N–H and O–H groups in total. The lowest BCUT2D eigenvalue weighted by molar-refractivity contribution is 0.208. The number of amides is 2. The van der Waals surface area contributed by atoms with Gasteiger partial charge in [0.05, 0.1) is 6.04 Å². The van der Waals surface area contributed by atoms with Crippen molar-refractivity contribution >= 4 is 11.7 Å². The highest BCUT2D eigenvalue weighted by molar-refractivity contribution is 5.90. The van der Waals surface area contributed by atoms with Crippen molar-refractivity contribution in [2.45, 2.75) is 26.8 Å². The van der Waals surface area contributed by atoms with Crippen LogP contribution in [0.5, 0.6) is 0 Å². The zero-order chi connectivity index (χ0) is 16.3. The summed E-state index contributed by atoms with van der Waals surface area (Å²) in [6, 6.07) is 11.8. The van der Waals surface area contributed by atoms with E-state index in [1.54, 1.807) is 24.1 Å². The molecular formula is C18H21FN2O. The van der Waals surface area contributed by atoms with Gasteiger partial charge in [0.15, 0.2) is 0 Å². The Morgan fingerprint density at radius 2 is 1.77 bits per heavy atom. The third-order valence-corrected chi connectivity index (χ3v) is 3.89. The smallest absolute Gasteiger partial charge is 0.321 e. The first-order chi connectivity index (χ1) is 10.4. The Kier molecular flexibility index (Phi) is 4.81. The van der Waals surface area contributed by atoms with Crippen LogP contribution in [0, 0.1) is 19.7 Å². The molecule has 0 aliphatic rings. The van der Waals surface area contributed by atoms with Gasteiger partial charge >= 0.3 is 6.03 Å². The highest BCUT2D eigenvalue weighted by atomic mass is 19.1. The molecule has 2 rings (SSSR count).